The molecule has 0 N–H and O–H groups in total. The van der Waals surface area contributed by atoms with Gasteiger partial charge >= 0.3 is 5.97 Å². The van der Waals surface area contributed by atoms with Crippen LogP contribution in [0.25, 0.3) is 0 Å². The molecule has 0 amide bonds. The molecule has 19 heavy (non-hydrogen) atoms. The number of methoxy groups -OCH3 is 1. The molecule has 1 heterocycles. The molecule has 104 valence electrons. The highest BCUT2D eigenvalue weighted by molar-refractivity contribution is 6.30. The second-order valence-electron chi connectivity index (χ2n) is 4.52. The van der Waals surface area contributed by atoms with Crippen LogP contribution in [0, 0.1) is 11.8 Å². The molecule has 0 bridgehead atoms. The zero-order valence-electron chi connectivity index (χ0n) is 10.8. The van der Waals surface area contributed by atoms with Crippen LogP contribution in [0.2, 0.25) is 5.02 Å². The van der Waals surface area contributed by atoms with Crippen molar-refractivity contribution in [1.82, 2.24) is 0 Å². The minimum absolute atomic E-state index is 0.159. The first-order valence-electron chi connectivity index (χ1n) is 6.24. The van der Waals surface area contributed by atoms with Gasteiger partial charge in [0.15, 0.2) is 0 Å². The van der Waals surface area contributed by atoms with Gasteiger partial charge in [-0.25, -0.2) is 0 Å². The molecule has 5 heteroatoms. The minimum Gasteiger partial charge on any atom is -0.493 e. The Balaban J connectivity index is 1.97. The molecule has 1 aromatic carbocycles. The van der Waals surface area contributed by atoms with Crippen molar-refractivity contribution >= 4 is 17.6 Å². The lowest BCUT2D eigenvalue weighted by atomic mass is 9.92. The summed E-state index contributed by atoms with van der Waals surface area (Å²) in [5, 5.41) is 0.608. The maximum Gasteiger partial charge on any atom is 0.312 e. The lowest BCUT2D eigenvalue weighted by Crippen LogP contribution is -2.31. The predicted molar refractivity (Wildman–Crippen MR) is 71.4 cm³/mol. The average molecular weight is 285 g/mol. The number of carbonyl (C=O) groups is 1. The van der Waals surface area contributed by atoms with E-state index in [4.69, 9.17) is 25.8 Å². The van der Waals surface area contributed by atoms with Crippen LogP contribution in [0.1, 0.15) is 6.42 Å². The van der Waals surface area contributed by atoms with Crippen molar-refractivity contribution in [3.05, 3.63) is 29.3 Å². The van der Waals surface area contributed by atoms with E-state index in [1.807, 2.05) is 12.1 Å². The largest absolute Gasteiger partial charge is 0.493 e. The summed E-state index contributed by atoms with van der Waals surface area (Å²) in [6.45, 7) is 1.55. The van der Waals surface area contributed by atoms with Crippen LogP contribution in [-0.2, 0) is 14.3 Å². The lowest BCUT2D eigenvalue weighted by Gasteiger charge is -2.20. The van der Waals surface area contributed by atoms with Crippen LogP contribution < -0.4 is 4.74 Å². The van der Waals surface area contributed by atoms with Crippen LogP contribution in [0.4, 0.5) is 0 Å². The summed E-state index contributed by atoms with van der Waals surface area (Å²) in [6.07, 6.45) is 0.860. The van der Waals surface area contributed by atoms with Gasteiger partial charge < -0.3 is 14.2 Å². The van der Waals surface area contributed by atoms with Gasteiger partial charge in [-0.2, -0.15) is 0 Å². The molecule has 0 radical (unpaired) electrons. The molecular formula is C14H17ClO4. The lowest BCUT2D eigenvalue weighted by molar-refractivity contribution is -0.148. The molecule has 0 aliphatic carbocycles. The third-order valence-corrected chi connectivity index (χ3v) is 3.50. The van der Waals surface area contributed by atoms with E-state index in [1.165, 1.54) is 7.11 Å². The fourth-order valence-corrected chi connectivity index (χ4v) is 2.34. The van der Waals surface area contributed by atoms with E-state index in [0.29, 0.717) is 24.0 Å². The van der Waals surface area contributed by atoms with E-state index in [9.17, 15) is 4.79 Å². The van der Waals surface area contributed by atoms with Crippen LogP contribution in [-0.4, -0.2) is 32.9 Å². The first-order valence-corrected chi connectivity index (χ1v) is 6.62. The van der Waals surface area contributed by atoms with Crippen molar-refractivity contribution in [3.8, 4) is 5.75 Å². The van der Waals surface area contributed by atoms with Crippen LogP contribution in [0.15, 0.2) is 24.3 Å². The van der Waals surface area contributed by atoms with E-state index >= 15 is 0 Å². The monoisotopic (exact) mass is 284 g/mol. The fourth-order valence-electron chi connectivity index (χ4n) is 2.16. The molecule has 1 aliphatic heterocycles. The van der Waals surface area contributed by atoms with Gasteiger partial charge in [0.2, 0.25) is 0 Å². The van der Waals surface area contributed by atoms with E-state index in [0.717, 1.165) is 6.42 Å². The second kappa shape index (κ2) is 6.78. The summed E-state index contributed by atoms with van der Waals surface area (Å²) in [5.41, 5.74) is 0. The number of esters is 1. The first kappa shape index (κ1) is 14.2. The topological polar surface area (TPSA) is 44.8 Å². The van der Waals surface area contributed by atoms with Gasteiger partial charge in [-0.1, -0.05) is 17.7 Å². The zero-order chi connectivity index (χ0) is 13.7. The summed E-state index contributed by atoms with van der Waals surface area (Å²) < 4.78 is 15.8. The van der Waals surface area contributed by atoms with Crippen molar-refractivity contribution < 1.29 is 19.0 Å². The number of hydrogen-bond acceptors (Lipinski definition) is 4. The number of benzene rings is 1. The van der Waals surface area contributed by atoms with Gasteiger partial charge in [-0.3, -0.25) is 4.79 Å². The van der Waals surface area contributed by atoms with Gasteiger partial charge in [0.25, 0.3) is 0 Å². The summed E-state index contributed by atoms with van der Waals surface area (Å²) in [6, 6.07) is 7.12. The maximum atomic E-state index is 11.8. The summed E-state index contributed by atoms with van der Waals surface area (Å²) >= 11 is 5.89. The molecule has 2 rings (SSSR count). The van der Waals surface area contributed by atoms with Gasteiger partial charge in [-0.05, 0) is 24.6 Å². The number of hydrogen-bond donors (Lipinski definition) is 0. The van der Waals surface area contributed by atoms with Crippen LogP contribution in [0.5, 0.6) is 5.75 Å². The van der Waals surface area contributed by atoms with E-state index < -0.39 is 0 Å². The molecule has 2 atom stereocenters. The van der Waals surface area contributed by atoms with Crippen molar-refractivity contribution in [2.75, 3.05) is 26.9 Å². The van der Waals surface area contributed by atoms with Crippen LogP contribution >= 0.6 is 11.6 Å². The third kappa shape index (κ3) is 3.85. The molecule has 1 saturated heterocycles. The standard InChI is InChI=1S/C14H17ClO4/c1-17-14(16)13(10-5-6-18-8-10)9-19-12-4-2-3-11(15)7-12/h2-4,7,10,13H,5-6,8-9H2,1H3. The highest BCUT2D eigenvalue weighted by Crippen LogP contribution is 2.25. The quantitative estimate of drug-likeness (QED) is 0.780. The fraction of sp³-hybridized carbons (Fsp3) is 0.500. The summed E-state index contributed by atoms with van der Waals surface area (Å²) in [4.78, 5) is 11.8. The smallest absolute Gasteiger partial charge is 0.312 e. The molecule has 1 aromatic rings. The van der Waals surface area contributed by atoms with Gasteiger partial charge in [-0.15, -0.1) is 0 Å². The molecule has 0 saturated carbocycles. The Labute approximate surface area is 117 Å². The molecule has 0 aromatic heterocycles. The Morgan fingerprint density at radius 2 is 2.42 bits per heavy atom. The molecule has 2 unspecified atom stereocenters. The van der Waals surface area contributed by atoms with Crippen LogP contribution in [0.3, 0.4) is 0 Å². The Morgan fingerprint density at radius 1 is 1.58 bits per heavy atom. The maximum absolute atomic E-state index is 11.8. The zero-order valence-corrected chi connectivity index (χ0v) is 11.6. The SMILES string of the molecule is COC(=O)C(COc1cccc(Cl)c1)C1CCOC1. The Hall–Kier alpha value is -1.26. The second-order valence-corrected chi connectivity index (χ2v) is 4.96. The van der Waals surface area contributed by atoms with Gasteiger partial charge in [0.05, 0.1) is 19.6 Å². The van der Waals surface area contributed by atoms with E-state index in [1.54, 1.807) is 12.1 Å². The average Bonchev–Trinajstić information content (AvgIpc) is 2.92. The Kier molecular flexibility index (Phi) is 5.05. The number of carbonyl (C=O) groups excluding carboxylic acids is 1. The summed E-state index contributed by atoms with van der Waals surface area (Å²) in [7, 11) is 1.39. The van der Waals surface area contributed by atoms with Gasteiger partial charge in [0, 0.05) is 17.5 Å². The molecule has 4 nitrogen and oxygen atoms in total. The number of rotatable bonds is 5. The van der Waals surface area contributed by atoms with Crippen molar-refractivity contribution in [2.45, 2.75) is 6.42 Å². The van der Waals surface area contributed by atoms with E-state index in [2.05, 4.69) is 0 Å². The third-order valence-electron chi connectivity index (χ3n) is 3.26. The minimum atomic E-state index is -0.300. The number of ether oxygens (including phenoxy) is 3. The normalized spacial score (nSPS) is 20.0. The molecular weight excluding hydrogens is 268 g/mol. The van der Waals surface area contributed by atoms with Crippen molar-refractivity contribution in [1.29, 1.82) is 0 Å². The first-order chi connectivity index (χ1) is 9.20. The Morgan fingerprint density at radius 3 is 3.05 bits per heavy atom. The predicted octanol–water partition coefficient (Wildman–Crippen LogP) is 2.54. The highest BCUT2D eigenvalue weighted by Gasteiger charge is 2.32. The Bertz CT molecular complexity index is 429. The highest BCUT2D eigenvalue weighted by atomic mass is 35.5. The van der Waals surface area contributed by atoms with Gasteiger partial charge in [0.1, 0.15) is 12.4 Å². The van der Waals surface area contributed by atoms with E-state index in [-0.39, 0.29) is 24.4 Å². The molecule has 1 aliphatic rings. The van der Waals surface area contributed by atoms with Crippen molar-refractivity contribution in [2.24, 2.45) is 11.8 Å². The number of halogens is 1. The molecule has 0 spiro atoms. The summed E-state index contributed by atoms with van der Waals surface area (Å²) in [5.74, 6) is 0.260. The van der Waals surface area contributed by atoms with Crippen molar-refractivity contribution in [3.63, 3.8) is 0 Å². The molecule has 1 fully saturated rings.